The number of hydrogen-bond donors (Lipinski definition) is 2. The van der Waals surface area contributed by atoms with E-state index in [9.17, 15) is 15.0 Å². The summed E-state index contributed by atoms with van der Waals surface area (Å²) in [4.78, 5) is 22.2. The van der Waals surface area contributed by atoms with Crippen molar-refractivity contribution in [3.8, 4) is 11.1 Å². The van der Waals surface area contributed by atoms with E-state index in [-0.39, 0.29) is 6.54 Å². The minimum absolute atomic E-state index is 0.179. The standard InChI is InChI=1S/C20H17Cl2N3O3/c21-14-5-4-11(8-15(14)22)12-2-1-3-16-18(12)19(24-10-23-16)25-7-6-17(26)13(9-25)20(27)28/h1-5,8,10,13,17,26H,6-7,9H2,(H,27,28). The number of halogens is 2. The maximum absolute atomic E-state index is 11.5. The first-order valence-electron chi connectivity index (χ1n) is 8.80. The van der Waals surface area contributed by atoms with Crippen LogP contribution in [-0.4, -0.2) is 45.3 Å². The maximum atomic E-state index is 11.5. The molecule has 1 saturated heterocycles. The van der Waals surface area contributed by atoms with Gasteiger partial charge in [-0.15, -0.1) is 0 Å². The van der Waals surface area contributed by atoms with Gasteiger partial charge in [-0.1, -0.05) is 41.4 Å². The van der Waals surface area contributed by atoms with Gasteiger partial charge in [0.15, 0.2) is 0 Å². The first-order valence-corrected chi connectivity index (χ1v) is 9.56. The van der Waals surface area contributed by atoms with Crippen molar-refractivity contribution in [1.29, 1.82) is 0 Å². The lowest BCUT2D eigenvalue weighted by Gasteiger charge is -2.35. The average molecular weight is 418 g/mol. The van der Waals surface area contributed by atoms with Crippen molar-refractivity contribution >= 4 is 45.9 Å². The molecular formula is C20H17Cl2N3O3. The molecule has 28 heavy (non-hydrogen) atoms. The Hall–Kier alpha value is -2.41. The number of hydrogen-bond acceptors (Lipinski definition) is 5. The van der Waals surface area contributed by atoms with Gasteiger partial charge in [-0.2, -0.15) is 0 Å². The van der Waals surface area contributed by atoms with Crippen LogP contribution in [0, 0.1) is 5.92 Å². The Kier molecular flexibility index (Phi) is 5.10. The van der Waals surface area contributed by atoms with Gasteiger partial charge in [0.05, 0.1) is 27.1 Å². The van der Waals surface area contributed by atoms with Crippen LogP contribution in [0.3, 0.4) is 0 Å². The molecule has 144 valence electrons. The summed E-state index contributed by atoms with van der Waals surface area (Å²) in [5.74, 6) is -1.24. The normalized spacial score (nSPS) is 19.8. The second kappa shape index (κ2) is 7.54. The van der Waals surface area contributed by atoms with Crippen LogP contribution in [0.25, 0.3) is 22.0 Å². The van der Waals surface area contributed by atoms with E-state index >= 15 is 0 Å². The molecule has 0 aliphatic carbocycles. The number of benzene rings is 2. The molecule has 6 nitrogen and oxygen atoms in total. The summed E-state index contributed by atoms with van der Waals surface area (Å²) in [6, 6.07) is 11.1. The van der Waals surface area contributed by atoms with Gasteiger partial charge in [-0.25, -0.2) is 9.97 Å². The molecule has 0 spiro atoms. The van der Waals surface area contributed by atoms with Crippen molar-refractivity contribution in [2.45, 2.75) is 12.5 Å². The molecule has 3 aromatic rings. The zero-order chi connectivity index (χ0) is 19.8. The Morgan fingerprint density at radius 1 is 1.14 bits per heavy atom. The van der Waals surface area contributed by atoms with Gasteiger partial charge >= 0.3 is 5.97 Å². The molecule has 0 bridgehead atoms. The van der Waals surface area contributed by atoms with Crippen molar-refractivity contribution in [2.24, 2.45) is 5.92 Å². The summed E-state index contributed by atoms with van der Waals surface area (Å²) in [7, 11) is 0. The van der Waals surface area contributed by atoms with E-state index in [4.69, 9.17) is 23.2 Å². The van der Waals surface area contributed by atoms with E-state index in [0.29, 0.717) is 28.8 Å². The molecule has 0 amide bonds. The molecule has 0 saturated carbocycles. The van der Waals surface area contributed by atoms with Gasteiger partial charge in [-0.3, -0.25) is 4.79 Å². The molecular weight excluding hydrogens is 401 g/mol. The van der Waals surface area contributed by atoms with Gasteiger partial charge in [0.25, 0.3) is 0 Å². The first kappa shape index (κ1) is 18.9. The highest BCUT2D eigenvalue weighted by Crippen LogP contribution is 2.37. The van der Waals surface area contributed by atoms with Crippen molar-refractivity contribution in [1.82, 2.24) is 9.97 Å². The fraction of sp³-hybridized carbons (Fsp3) is 0.250. The van der Waals surface area contributed by atoms with Gasteiger partial charge in [0.1, 0.15) is 18.1 Å². The van der Waals surface area contributed by atoms with Crippen molar-refractivity contribution in [3.63, 3.8) is 0 Å². The van der Waals surface area contributed by atoms with Crippen LogP contribution in [0.5, 0.6) is 0 Å². The third-order valence-corrected chi connectivity index (χ3v) is 5.81. The van der Waals surface area contributed by atoms with E-state index in [1.165, 1.54) is 6.33 Å². The number of carboxylic acids is 1. The van der Waals surface area contributed by atoms with Crippen molar-refractivity contribution in [2.75, 3.05) is 18.0 Å². The molecule has 1 aliphatic heterocycles. The number of aliphatic hydroxyl groups is 1. The SMILES string of the molecule is O=C(O)C1CN(c2ncnc3cccc(-c4ccc(Cl)c(Cl)c4)c23)CCC1O. The highest BCUT2D eigenvalue weighted by molar-refractivity contribution is 6.42. The zero-order valence-corrected chi connectivity index (χ0v) is 16.2. The molecule has 8 heteroatoms. The zero-order valence-electron chi connectivity index (χ0n) is 14.7. The third kappa shape index (κ3) is 3.39. The average Bonchev–Trinajstić information content (AvgIpc) is 2.69. The topological polar surface area (TPSA) is 86.5 Å². The van der Waals surface area contributed by atoms with Gasteiger partial charge in [-0.05, 0) is 35.7 Å². The molecule has 2 heterocycles. The highest BCUT2D eigenvalue weighted by atomic mass is 35.5. The minimum Gasteiger partial charge on any atom is -0.481 e. The maximum Gasteiger partial charge on any atom is 0.310 e. The molecule has 4 rings (SSSR count). The molecule has 1 fully saturated rings. The van der Waals surface area contributed by atoms with Crippen LogP contribution in [0.1, 0.15) is 6.42 Å². The Morgan fingerprint density at radius 3 is 2.71 bits per heavy atom. The van der Waals surface area contributed by atoms with E-state index in [0.717, 1.165) is 22.0 Å². The van der Waals surface area contributed by atoms with Crippen LogP contribution in [0.2, 0.25) is 10.0 Å². The number of piperidine rings is 1. The van der Waals surface area contributed by atoms with Gasteiger partial charge < -0.3 is 15.1 Å². The predicted octanol–water partition coefficient (Wildman–Crippen LogP) is 3.88. The van der Waals surface area contributed by atoms with Gasteiger partial charge in [0, 0.05) is 13.1 Å². The summed E-state index contributed by atoms with van der Waals surface area (Å²) in [6.07, 6.45) is 0.963. The number of fused-ring (bicyclic) bond motifs is 1. The van der Waals surface area contributed by atoms with Crippen molar-refractivity contribution < 1.29 is 15.0 Å². The number of aromatic nitrogens is 2. The number of nitrogens with zero attached hydrogens (tertiary/aromatic N) is 3. The van der Waals surface area contributed by atoms with Crippen LogP contribution in [0.4, 0.5) is 5.82 Å². The Balaban J connectivity index is 1.86. The smallest absolute Gasteiger partial charge is 0.310 e. The molecule has 2 unspecified atom stereocenters. The molecule has 0 radical (unpaired) electrons. The number of anilines is 1. The van der Waals surface area contributed by atoms with Gasteiger partial charge in [0.2, 0.25) is 0 Å². The predicted molar refractivity (Wildman–Crippen MR) is 109 cm³/mol. The summed E-state index contributed by atoms with van der Waals surface area (Å²) in [5, 5.41) is 21.2. The molecule has 2 N–H and O–H groups in total. The molecule has 2 aromatic carbocycles. The first-order chi connectivity index (χ1) is 13.5. The number of aliphatic carboxylic acids is 1. The van der Waals surface area contributed by atoms with E-state index in [1.807, 2.05) is 29.2 Å². The lowest BCUT2D eigenvalue weighted by Crippen LogP contribution is -2.47. The summed E-state index contributed by atoms with van der Waals surface area (Å²) in [6.45, 7) is 0.686. The monoisotopic (exact) mass is 417 g/mol. The lowest BCUT2D eigenvalue weighted by atomic mass is 9.94. The van der Waals surface area contributed by atoms with Crippen LogP contribution in [-0.2, 0) is 4.79 Å². The minimum atomic E-state index is -1.01. The molecule has 2 atom stereocenters. The molecule has 1 aromatic heterocycles. The Labute approximate surface area is 171 Å². The number of aliphatic hydroxyl groups excluding tert-OH is 1. The Morgan fingerprint density at radius 2 is 1.96 bits per heavy atom. The summed E-state index contributed by atoms with van der Waals surface area (Å²) in [5.41, 5.74) is 2.49. The van der Waals surface area contributed by atoms with E-state index < -0.39 is 18.0 Å². The summed E-state index contributed by atoms with van der Waals surface area (Å²) >= 11 is 12.3. The summed E-state index contributed by atoms with van der Waals surface area (Å²) < 4.78 is 0. The number of carbonyl (C=O) groups is 1. The van der Waals surface area contributed by atoms with Crippen molar-refractivity contribution in [3.05, 3.63) is 52.8 Å². The quantitative estimate of drug-likeness (QED) is 0.672. The number of rotatable bonds is 3. The third-order valence-electron chi connectivity index (χ3n) is 5.07. The number of carboxylic acid groups (broad SMARTS) is 1. The Bertz CT molecular complexity index is 1050. The second-order valence-electron chi connectivity index (χ2n) is 6.77. The highest BCUT2D eigenvalue weighted by Gasteiger charge is 2.34. The van der Waals surface area contributed by atoms with E-state index in [2.05, 4.69) is 9.97 Å². The van der Waals surface area contributed by atoms with E-state index in [1.54, 1.807) is 12.1 Å². The second-order valence-corrected chi connectivity index (χ2v) is 7.59. The van der Waals surface area contributed by atoms with Crippen LogP contribution in [0.15, 0.2) is 42.7 Å². The largest absolute Gasteiger partial charge is 0.481 e. The fourth-order valence-electron chi connectivity index (χ4n) is 3.61. The van der Waals surface area contributed by atoms with Crippen LogP contribution < -0.4 is 4.90 Å². The van der Waals surface area contributed by atoms with Crippen LogP contribution >= 0.6 is 23.2 Å². The molecule has 1 aliphatic rings. The lowest BCUT2D eigenvalue weighted by molar-refractivity contribution is -0.146. The fourth-order valence-corrected chi connectivity index (χ4v) is 3.91.